The molecule has 2 aliphatic carbocycles. The smallest absolute Gasteiger partial charge is 0.229 e. The highest BCUT2D eigenvalue weighted by Crippen LogP contribution is 2.45. The lowest BCUT2D eigenvalue weighted by Gasteiger charge is -2.21. The fourth-order valence-corrected chi connectivity index (χ4v) is 4.51. The molecule has 27 heavy (non-hydrogen) atoms. The molecule has 0 aliphatic heterocycles. The maximum absolute atomic E-state index is 13.3. The number of carbonyl (C=O) groups is 2. The van der Waals surface area contributed by atoms with Gasteiger partial charge in [-0.1, -0.05) is 73.9 Å². The summed E-state index contributed by atoms with van der Waals surface area (Å²) in [6, 6.07) is 16.9. The van der Waals surface area contributed by atoms with E-state index < -0.39 is 0 Å². The van der Waals surface area contributed by atoms with Gasteiger partial charge in [-0.25, -0.2) is 0 Å². The molecule has 0 unspecified atom stereocenters. The summed E-state index contributed by atoms with van der Waals surface area (Å²) >= 11 is 0. The van der Waals surface area contributed by atoms with Crippen LogP contribution in [0.1, 0.15) is 75.8 Å². The maximum Gasteiger partial charge on any atom is 0.229 e. The van der Waals surface area contributed by atoms with E-state index in [9.17, 15) is 9.59 Å². The first-order valence-corrected chi connectivity index (χ1v) is 9.66. The third-order valence-corrected chi connectivity index (χ3v) is 5.82. The Balaban J connectivity index is 1.77. The SMILES string of the molecule is O=C1c2ccccc2C(=O)c2c1oc(C1CCCCC1)c2-c1ccccc1. The van der Waals surface area contributed by atoms with Crippen molar-refractivity contribution in [2.24, 2.45) is 0 Å². The summed E-state index contributed by atoms with van der Waals surface area (Å²) < 4.78 is 6.20. The predicted molar refractivity (Wildman–Crippen MR) is 103 cm³/mol. The molecule has 1 fully saturated rings. The zero-order valence-corrected chi connectivity index (χ0v) is 15.0. The Kier molecular flexibility index (Phi) is 3.82. The quantitative estimate of drug-likeness (QED) is 0.458. The van der Waals surface area contributed by atoms with Crippen LogP contribution in [0.2, 0.25) is 0 Å². The van der Waals surface area contributed by atoms with Gasteiger partial charge in [0, 0.05) is 22.6 Å². The summed E-state index contributed by atoms with van der Waals surface area (Å²) in [6.45, 7) is 0. The fourth-order valence-electron chi connectivity index (χ4n) is 4.51. The molecule has 0 spiro atoms. The second-order valence-corrected chi connectivity index (χ2v) is 7.45. The molecule has 0 N–H and O–H groups in total. The Hall–Kier alpha value is -2.94. The van der Waals surface area contributed by atoms with Crippen molar-refractivity contribution < 1.29 is 14.0 Å². The first kappa shape index (κ1) is 16.2. The third kappa shape index (κ3) is 2.49. The van der Waals surface area contributed by atoms with Gasteiger partial charge in [0.25, 0.3) is 0 Å². The van der Waals surface area contributed by atoms with Crippen LogP contribution in [0.4, 0.5) is 0 Å². The van der Waals surface area contributed by atoms with Gasteiger partial charge in [-0.3, -0.25) is 9.59 Å². The highest BCUT2D eigenvalue weighted by molar-refractivity contribution is 6.29. The summed E-state index contributed by atoms with van der Waals surface area (Å²) in [7, 11) is 0. The molecule has 0 bridgehead atoms. The highest BCUT2D eigenvalue weighted by atomic mass is 16.4. The van der Waals surface area contributed by atoms with Crippen molar-refractivity contribution in [3.63, 3.8) is 0 Å². The summed E-state index contributed by atoms with van der Waals surface area (Å²) in [5.41, 5.74) is 3.14. The normalized spacial score (nSPS) is 16.9. The molecule has 5 rings (SSSR count). The summed E-state index contributed by atoms with van der Waals surface area (Å²) in [5.74, 6) is 1.02. The van der Waals surface area contributed by atoms with Crippen molar-refractivity contribution in [2.45, 2.75) is 38.0 Å². The van der Waals surface area contributed by atoms with Crippen molar-refractivity contribution in [3.8, 4) is 11.1 Å². The number of hydrogen-bond acceptors (Lipinski definition) is 3. The van der Waals surface area contributed by atoms with E-state index in [0.29, 0.717) is 16.7 Å². The van der Waals surface area contributed by atoms with E-state index in [2.05, 4.69) is 0 Å². The molecule has 3 heteroatoms. The first-order chi connectivity index (χ1) is 13.3. The molecule has 0 radical (unpaired) electrons. The van der Waals surface area contributed by atoms with E-state index in [1.165, 1.54) is 6.42 Å². The van der Waals surface area contributed by atoms with Crippen LogP contribution in [0, 0.1) is 0 Å². The van der Waals surface area contributed by atoms with Crippen LogP contribution >= 0.6 is 0 Å². The van der Waals surface area contributed by atoms with Gasteiger partial charge in [-0.15, -0.1) is 0 Å². The number of fused-ring (bicyclic) bond motifs is 2. The second-order valence-electron chi connectivity index (χ2n) is 7.45. The van der Waals surface area contributed by atoms with E-state index in [4.69, 9.17) is 4.42 Å². The number of hydrogen-bond donors (Lipinski definition) is 0. The Labute approximate surface area is 158 Å². The van der Waals surface area contributed by atoms with Gasteiger partial charge in [0.2, 0.25) is 5.78 Å². The molecular formula is C24H20O3. The van der Waals surface area contributed by atoms with Crippen molar-refractivity contribution in [1.82, 2.24) is 0 Å². The molecule has 0 amide bonds. The largest absolute Gasteiger partial charge is 0.456 e. The van der Waals surface area contributed by atoms with E-state index >= 15 is 0 Å². The second kappa shape index (κ2) is 6.34. The minimum Gasteiger partial charge on any atom is -0.456 e. The van der Waals surface area contributed by atoms with Gasteiger partial charge >= 0.3 is 0 Å². The lowest BCUT2D eigenvalue weighted by molar-refractivity contribution is 0.0959. The van der Waals surface area contributed by atoms with Gasteiger partial charge in [-0.2, -0.15) is 0 Å². The number of ketones is 2. The third-order valence-electron chi connectivity index (χ3n) is 5.82. The minimum absolute atomic E-state index is 0.107. The van der Waals surface area contributed by atoms with Crippen LogP contribution in [0.5, 0.6) is 0 Å². The van der Waals surface area contributed by atoms with E-state index in [1.807, 2.05) is 30.3 Å². The standard InChI is InChI=1S/C24H20O3/c25-21-17-13-7-8-14-18(17)22(26)24-20(21)19(15-9-3-1-4-10-15)23(27-24)16-11-5-2-6-12-16/h1,3-4,7-10,13-14,16H,2,5-6,11-12H2. The van der Waals surface area contributed by atoms with Gasteiger partial charge in [0.05, 0.1) is 5.56 Å². The van der Waals surface area contributed by atoms with Crippen LogP contribution in [0.25, 0.3) is 11.1 Å². The molecule has 1 aromatic heterocycles. The number of rotatable bonds is 2. The highest BCUT2D eigenvalue weighted by Gasteiger charge is 2.39. The summed E-state index contributed by atoms with van der Waals surface area (Å²) in [4.78, 5) is 26.4. The van der Waals surface area contributed by atoms with Crippen LogP contribution < -0.4 is 0 Å². The lowest BCUT2D eigenvalue weighted by Crippen LogP contribution is -2.19. The van der Waals surface area contributed by atoms with Crippen LogP contribution in [0.15, 0.2) is 59.0 Å². The molecule has 0 atom stereocenters. The number of carbonyl (C=O) groups excluding carboxylic acids is 2. The topological polar surface area (TPSA) is 47.3 Å². The molecule has 3 nitrogen and oxygen atoms in total. The van der Waals surface area contributed by atoms with Gasteiger partial charge in [0.15, 0.2) is 11.5 Å². The zero-order valence-electron chi connectivity index (χ0n) is 15.0. The van der Waals surface area contributed by atoms with Crippen LogP contribution in [-0.4, -0.2) is 11.6 Å². The Bertz CT molecular complexity index is 1040. The molecular weight excluding hydrogens is 336 g/mol. The molecule has 2 aliphatic rings. The first-order valence-electron chi connectivity index (χ1n) is 9.66. The molecule has 2 aromatic carbocycles. The average molecular weight is 356 g/mol. The minimum atomic E-state index is -0.181. The monoisotopic (exact) mass is 356 g/mol. The molecule has 1 saturated carbocycles. The van der Waals surface area contributed by atoms with Crippen LogP contribution in [0.3, 0.4) is 0 Å². The van der Waals surface area contributed by atoms with Crippen molar-refractivity contribution in [3.05, 3.63) is 82.8 Å². The van der Waals surface area contributed by atoms with E-state index in [-0.39, 0.29) is 23.2 Å². The Morgan fingerprint density at radius 1 is 0.704 bits per heavy atom. The van der Waals surface area contributed by atoms with Gasteiger partial charge < -0.3 is 4.42 Å². The Morgan fingerprint density at radius 2 is 1.33 bits per heavy atom. The number of benzene rings is 2. The van der Waals surface area contributed by atoms with Gasteiger partial charge in [0.1, 0.15) is 5.76 Å². The summed E-state index contributed by atoms with van der Waals surface area (Å²) in [5, 5.41) is 0. The van der Waals surface area contributed by atoms with Crippen molar-refractivity contribution in [2.75, 3.05) is 0 Å². The summed E-state index contributed by atoms with van der Waals surface area (Å²) in [6.07, 6.45) is 5.64. The van der Waals surface area contributed by atoms with Gasteiger partial charge in [-0.05, 0) is 18.4 Å². The van der Waals surface area contributed by atoms with Crippen LogP contribution in [-0.2, 0) is 0 Å². The molecule has 3 aromatic rings. The maximum atomic E-state index is 13.3. The lowest BCUT2D eigenvalue weighted by atomic mass is 9.81. The predicted octanol–water partition coefficient (Wildman–Crippen LogP) is 5.77. The molecule has 134 valence electrons. The van der Waals surface area contributed by atoms with E-state index in [1.54, 1.807) is 24.3 Å². The molecule has 0 saturated heterocycles. The zero-order chi connectivity index (χ0) is 18.4. The Morgan fingerprint density at radius 3 is 2.04 bits per heavy atom. The van der Waals surface area contributed by atoms with Crippen molar-refractivity contribution in [1.29, 1.82) is 0 Å². The van der Waals surface area contributed by atoms with E-state index in [0.717, 1.165) is 42.6 Å². The molecule has 1 heterocycles. The van der Waals surface area contributed by atoms with Crippen molar-refractivity contribution >= 4 is 11.6 Å². The number of furan rings is 1. The fraction of sp³-hybridized carbons (Fsp3) is 0.250. The average Bonchev–Trinajstić information content (AvgIpc) is 3.14.